The molecular weight excluding hydrogens is 346 g/mol. The first kappa shape index (κ1) is 20.7. The zero-order valence-corrected chi connectivity index (χ0v) is 17.5. The van der Waals surface area contributed by atoms with E-state index in [1.165, 1.54) is 37.9 Å². The molecule has 3 rings (SSSR count). The van der Waals surface area contributed by atoms with Crippen LogP contribution in [0.25, 0.3) is 0 Å². The van der Waals surface area contributed by atoms with Gasteiger partial charge in [-0.05, 0) is 74.5 Å². The molecule has 0 N–H and O–H groups in total. The van der Waals surface area contributed by atoms with Gasteiger partial charge < -0.3 is 14.4 Å². The average Bonchev–Trinajstić information content (AvgIpc) is 2.72. The third kappa shape index (κ3) is 6.87. The summed E-state index contributed by atoms with van der Waals surface area (Å²) in [6, 6.07) is 18.5. The van der Waals surface area contributed by atoms with Crippen LogP contribution in [0.1, 0.15) is 57.6 Å². The van der Waals surface area contributed by atoms with Crippen molar-refractivity contribution in [1.29, 1.82) is 0 Å². The van der Waals surface area contributed by atoms with Crippen LogP contribution in [-0.4, -0.2) is 31.1 Å². The minimum atomic E-state index is 0.0410. The smallest absolute Gasteiger partial charge is 0.124 e. The molecule has 0 aromatic heterocycles. The molecule has 0 amide bonds. The second-order valence-electron chi connectivity index (χ2n) is 8.23. The van der Waals surface area contributed by atoms with Gasteiger partial charge in [-0.25, -0.2) is 0 Å². The van der Waals surface area contributed by atoms with E-state index in [0.717, 1.165) is 37.5 Å². The quantitative estimate of drug-likeness (QED) is 0.464. The highest BCUT2D eigenvalue weighted by molar-refractivity contribution is 5.31. The monoisotopic (exact) mass is 381 g/mol. The van der Waals surface area contributed by atoms with E-state index in [2.05, 4.69) is 43.0 Å². The number of hydrogen-bond acceptors (Lipinski definition) is 3. The summed E-state index contributed by atoms with van der Waals surface area (Å²) in [5.41, 5.74) is 1.19. The van der Waals surface area contributed by atoms with E-state index in [0.29, 0.717) is 5.92 Å². The zero-order valence-electron chi connectivity index (χ0n) is 17.5. The summed E-state index contributed by atoms with van der Waals surface area (Å²) in [6.07, 6.45) is 6.19. The minimum absolute atomic E-state index is 0.0410. The third-order valence-electron chi connectivity index (χ3n) is 5.27. The van der Waals surface area contributed by atoms with Crippen molar-refractivity contribution in [3.63, 3.8) is 0 Å². The lowest BCUT2D eigenvalue weighted by molar-refractivity contribution is 0.176. The van der Waals surface area contributed by atoms with Crippen molar-refractivity contribution < 1.29 is 9.47 Å². The van der Waals surface area contributed by atoms with E-state index in [1.54, 1.807) is 0 Å². The van der Waals surface area contributed by atoms with Crippen LogP contribution < -0.4 is 9.47 Å². The first-order valence-corrected chi connectivity index (χ1v) is 10.9. The van der Waals surface area contributed by atoms with Crippen molar-refractivity contribution in [3.8, 4) is 11.5 Å². The Bertz CT molecular complexity index is 680. The summed E-state index contributed by atoms with van der Waals surface area (Å²) in [7, 11) is 0. The fourth-order valence-electron chi connectivity index (χ4n) is 3.81. The Balaban J connectivity index is 1.55. The number of rotatable bonds is 10. The maximum Gasteiger partial charge on any atom is 0.124 e. The van der Waals surface area contributed by atoms with Gasteiger partial charge in [0.05, 0.1) is 6.61 Å². The van der Waals surface area contributed by atoms with Gasteiger partial charge in [0.1, 0.15) is 17.6 Å². The number of piperidine rings is 1. The number of para-hydroxylation sites is 1. The second kappa shape index (κ2) is 11.1. The number of likely N-dealkylation sites (tertiary alicyclic amines) is 1. The summed E-state index contributed by atoms with van der Waals surface area (Å²) in [4.78, 5) is 2.57. The van der Waals surface area contributed by atoms with Crippen LogP contribution in [0.15, 0.2) is 54.6 Å². The van der Waals surface area contributed by atoms with Gasteiger partial charge in [0.15, 0.2) is 0 Å². The third-order valence-corrected chi connectivity index (χ3v) is 5.27. The molecule has 1 aliphatic rings. The molecule has 0 spiro atoms. The molecule has 1 unspecified atom stereocenters. The van der Waals surface area contributed by atoms with Gasteiger partial charge in [-0.3, -0.25) is 0 Å². The maximum absolute atomic E-state index is 6.31. The summed E-state index contributed by atoms with van der Waals surface area (Å²) in [6.45, 7) is 8.90. The molecule has 2 aromatic rings. The zero-order chi connectivity index (χ0) is 19.6. The van der Waals surface area contributed by atoms with Gasteiger partial charge in [-0.2, -0.15) is 0 Å². The van der Waals surface area contributed by atoms with Gasteiger partial charge >= 0.3 is 0 Å². The van der Waals surface area contributed by atoms with Gasteiger partial charge in [0, 0.05) is 6.54 Å². The molecule has 1 saturated heterocycles. The standard InChI is InChI=1S/C25H35NO2/c1-21(2)19-25(28-23-12-5-3-6-13-23)22-11-9-14-24(20-22)27-18-10-17-26-15-7-4-8-16-26/h3,5-6,9,11-14,20-21,25H,4,7-8,10,15-19H2,1-2H3. The first-order chi connectivity index (χ1) is 13.7. The molecule has 0 saturated carbocycles. The molecule has 152 valence electrons. The Hall–Kier alpha value is -2.00. The van der Waals surface area contributed by atoms with E-state index in [-0.39, 0.29) is 6.10 Å². The van der Waals surface area contributed by atoms with Crippen molar-refractivity contribution in [2.24, 2.45) is 5.92 Å². The molecule has 3 heteroatoms. The van der Waals surface area contributed by atoms with Crippen LogP contribution in [0.5, 0.6) is 11.5 Å². The Morgan fingerprint density at radius 2 is 1.64 bits per heavy atom. The molecule has 0 bridgehead atoms. The van der Waals surface area contributed by atoms with E-state index < -0.39 is 0 Å². The van der Waals surface area contributed by atoms with Crippen LogP contribution in [0.2, 0.25) is 0 Å². The summed E-state index contributed by atoms with van der Waals surface area (Å²) in [5, 5.41) is 0. The van der Waals surface area contributed by atoms with E-state index in [4.69, 9.17) is 9.47 Å². The largest absolute Gasteiger partial charge is 0.494 e. The minimum Gasteiger partial charge on any atom is -0.494 e. The van der Waals surface area contributed by atoms with Gasteiger partial charge in [0.2, 0.25) is 0 Å². The highest BCUT2D eigenvalue weighted by atomic mass is 16.5. The SMILES string of the molecule is CC(C)CC(Oc1ccccc1)c1cccc(OCCCN2CCCCC2)c1. The van der Waals surface area contributed by atoms with Gasteiger partial charge in [-0.1, -0.05) is 50.6 Å². The van der Waals surface area contributed by atoms with Crippen molar-refractivity contribution in [3.05, 3.63) is 60.2 Å². The Morgan fingerprint density at radius 1 is 0.893 bits per heavy atom. The van der Waals surface area contributed by atoms with Crippen molar-refractivity contribution in [1.82, 2.24) is 4.90 Å². The molecule has 1 atom stereocenters. The Kier molecular flexibility index (Phi) is 8.23. The molecule has 28 heavy (non-hydrogen) atoms. The molecule has 1 aliphatic heterocycles. The number of ether oxygens (including phenoxy) is 2. The summed E-state index contributed by atoms with van der Waals surface area (Å²) in [5.74, 6) is 2.42. The highest BCUT2D eigenvalue weighted by Gasteiger charge is 2.16. The topological polar surface area (TPSA) is 21.7 Å². The van der Waals surface area contributed by atoms with Crippen LogP contribution >= 0.6 is 0 Å². The van der Waals surface area contributed by atoms with Crippen molar-refractivity contribution in [2.45, 2.75) is 52.1 Å². The normalized spacial score (nSPS) is 16.1. The van der Waals surface area contributed by atoms with Crippen LogP contribution in [0.3, 0.4) is 0 Å². The second-order valence-corrected chi connectivity index (χ2v) is 8.23. The predicted molar refractivity (Wildman–Crippen MR) is 116 cm³/mol. The molecule has 1 fully saturated rings. The lowest BCUT2D eigenvalue weighted by atomic mass is 9.99. The Labute approximate surface area is 170 Å². The number of hydrogen-bond donors (Lipinski definition) is 0. The van der Waals surface area contributed by atoms with Gasteiger partial charge in [0.25, 0.3) is 0 Å². The lowest BCUT2D eigenvalue weighted by Crippen LogP contribution is -2.31. The first-order valence-electron chi connectivity index (χ1n) is 10.9. The van der Waals surface area contributed by atoms with Crippen molar-refractivity contribution >= 4 is 0 Å². The number of nitrogens with zero attached hydrogens (tertiary/aromatic N) is 1. The predicted octanol–water partition coefficient (Wildman–Crippen LogP) is 6.11. The summed E-state index contributed by atoms with van der Waals surface area (Å²) < 4.78 is 12.4. The summed E-state index contributed by atoms with van der Waals surface area (Å²) >= 11 is 0. The van der Waals surface area contributed by atoms with Crippen LogP contribution in [0, 0.1) is 5.92 Å². The van der Waals surface area contributed by atoms with Gasteiger partial charge in [-0.15, -0.1) is 0 Å². The van der Waals surface area contributed by atoms with E-state index in [9.17, 15) is 0 Å². The van der Waals surface area contributed by atoms with E-state index in [1.807, 2.05) is 30.3 Å². The lowest BCUT2D eigenvalue weighted by Gasteiger charge is -2.26. The molecule has 1 heterocycles. The van der Waals surface area contributed by atoms with Crippen LogP contribution in [-0.2, 0) is 0 Å². The molecule has 0 radical (unpaired) electrons. The highest BCUT2D eigenvalue weighted by Crippen LogP contribution is 2.29. The molecular formula is C25H35NO2. The van der Waals surface area contributed by atoms with Crippen molar-refractivity contribution in [2.75, 3.05) is 26.2 Å². The Morgan fingerprint density at radius 3 is 2.39 bits per heavy atom. The number of benzene rings is 2. The molecule has 3 nitrogen and oxygen atoms in total. The fraction of sp³-hybridized carbons (Fsp3) is 0.520. The van der Waals surface area contributed by atoms with Crippen LogP contribution in [0.4, 0.5) is 0 Å². The maximum atomic E-state index is 6.31. The van der Waals surface area contributed by atoms with E-state index >= 15 is 0 Å². The average molecular weight is 382 g/mol. The molecule has 0 aliphatic carbocycles. The fourth-order valence-corrected chi connectivity index (χ4v) is 3.81. The molecule has 2 aromatic carbocycles.